The van der Waals surface area contributed by atoms with Crippen molar-refractivity contribution in [3.8, 4) is 5.75 Å². The molecular formula is C24H24N4O4. The fourth-order valence-electron chi connectivity index (χ4n) is 5.09. The lowest BCUT2D eigenvalue weighted by molar-refractivity contribution is -0.120. The van der Waals surface area contributed by atoms with E-state index in [1.807, 2.05) is 24.3 Å². The van der Waals surface area contributed by atoms with Crippen LogP contribution in [0.1, 0.15) is 47.6 Å². The lowest BCUT2D eigenvalue weighted by atomic mass is 9.76. The molecule has 2 aliphatic heterocycles. The first-order chi connectivity index (χ1) is 15.5. The third kappa shape index (κ3) is 3.23. The number of pyridine rings is 1. The van der Waals surface area contributed by atoms with Crippen LogP contribution in [0, 0.1) is 0 Å². The van der Waals surface area contributed by atoms with Gasteiger partial charge in [-0.05, 0) is 49.1 Å². The van der Waals surface area contributed by atoms with Crippen LogP contribution in [-0.2, 0) is 4.79 Å². The summed E-state index contributed by atoms with van der Waals surface area (Å²) in [6.07, 6.45) is 5.54. The first-order valence-electron chi connectivity index (χ1n) is 10.7. The number of hydrogen-bond donors (Lipinski definition) is 1. The molecule has 1 spiro atoms. The number of benzene rings is 1. The molecule has 0 radical (unpaired) electrons. The quantitative estimate of drug-likeness (QED) is 0.686. The number of rotatable bonds is 3. The van der Waals surface area contributed by atoms with Crippen LogP contribution in [0.3, 0.4) is 0 Å². The molecule has 2 fully saturated rings. The van der Waals surface area contributed by atoms with E-state index in [0.717, 1.165) is 18.4 Å². The van der Waals surface area contributed by atoms with Gasteiger partial charge in [-0.3, -0.25) is 18.8 Å². The summed E-state index contributed by atoms with van der Waals surface area (Å²) in [5.41, 5.74) is 0.451. The van der Waals surface area contributed by atoms with E-state index in [-0.39, 0.29) is 17.4 Å². The van der Waals surface area contributed by atoms with Gasteiger partial charge in [-0.15, -0.1) is 0 Å². The van der Waals surface area contributed by atoms with Gasteiger partial charge in [0.1, 0.15) is 17.0 Å². The minimum atomic E-state index is -0.556. The second-order valence-electron chi connectivity index (χ2n) is 8.39. The molecule has 0 unspecified atom stereocenters. The number of amides is 2. The summed E-state index contributed by atoms with van der Waals surface area (Å²) in [5, 5.41) is 3.16. The largest absolute Gasteiger partial charge is 0.497 e. The monoisotopic (exact) mass is 432 g/mol. The fourth-order valence-corrected chi connectivity index (χ4v) is 5.09. The normalized spacial score (nSPS) is 22.8. The van der Waals surface area contributed by atoms with Crippen molar-refractivity contribution in [1.29, 1.82) is 0 Å². The number of nitrogens with one attached hydrogen (secondary N) is 1. The number of ether oxygens (including phenoxy) is 1. The van der Waals surface area contributed by atoms with Gasteiger partial charge in [0.25, 0.3) is 11.5 Å². The Hall–Kier alpha value is -3.68. The minimum Gasteiger partial charge on any atom is -0.497 e. The first kappa shape index (κ1) is 20.2. The Kier molecular flexibility index (Phi) is 4.92. The second-order valence-corrected chi connectivity index (χ2v) is 8.39. The standard InChI is InChI=1S/C24H24N4O4/c1-32-17-8-6-16(7-9-17)21-24(12-10-20(29)26-24)11-4-14-28(21)23(31)18-15-25-19-5-2-3-13-27(19)22(18)30/h2-3,5-9,13,15,21H,4,10-12,14H2,1H3,(H,26,29)/t21-,24+/m1/s1. The highest BCUT2D eigenvalue weighted by Crippen LogP contribution is 2.45. The molecule has 32 heavy (non-hydrogen) atoms. The summed E-state index contributed by atoms with van der Waals surface area (Å²) < 4.78 is 6.67. The zero-order chi connectivity index (χ0) is 22.3. The van der Waals surface area contributed by atoms with E-state index in [0.29, 0.717) is 30.8 Å². The van der Waals surface area contributed by atoms with Crippen molar-refractivity contribution in [2.45, 2.75) is 37.3 Å². The summed E-state index contributed by atoms with van der Waals surface area (Å²) in [6.45, 7) is 0.490. The number of likely N-dealkylation sites (tertiary alicyclic amines) is 1. The molecule has 1 N–H and O–H groups in total. The maximum absolute atomic E-state index is 13.7. The van der Waals surface area contributed by atoms with Crippen molar-refractivity contribution in [3.05, 3.63) is 76.3 Å². The Morgan fingerprint density at radius 3 is 2.69 bits per heavy atom. The topological polar surface area (TPSA) is 93.0 Å². The summed E-state index contributed by atoms with van der Waals surface area (Å²) in [5.74, 6) is 0.330. The second kappa shape index (κ2) is 7.78. The first-order valence-corrected chi connectivity index (χ1v) is 10.7. The Labute approximate surface area is 184 Å². The highest BCUT2D eigenvalue weighted by atomic mass is 16.5. The van der Waals surface area contributed by atoms with Crippen LogP contribution in [0.4, 0.5) is 0 Å². The number of hydrogen-bond acceptors (Lipinski definition) is 5. The van der Waals surface area contributed by atoms with Crippen LogP contribution < -0.4 is 15.6 Å². The van der Waals surface area contributed by atoms with Gasteiger partial charge in [-0.1, -0.05) is 18.2 Å². The van der Waals surface area contributed by atoms with Crippen molar-refractivity contribution in [3.63, 3.8) is 0 Å². The Morgan fingerprint density at radius 2 is 1.97 bits per heavy atom. The molecule has 2 amide bonds. The third-order valence-corrected chi connectivity index (χ3v) is 6.58. The van der Waals surface area contributed by atoms with E-state index in [2.05, 4.69) is 10.3 Å². The molecule has 2 aromatic heterocycles. The number of carbonyl (C=O) groups excluding carboxylic acids is 2. The lowest BCUT2D eigenvalue weighted by Gasteiger charge is -2.48. The highest BCUT2D eigenvalue weighted by molar-refractivity contribution is 5.94. The van der Waals surface area contributed by atoms with Gasteiger partial charge in [0, 0.05) is 25.4 Å². The SMILES string of the molecule is COc1ccc([C@H]2N(C(=O)c3cnc4ccccn4c3=O)CCC[C@]23CCC(=O)N3)cc1. The number of nitrogens with zero attached hydrogens (tertiary/aromatic N) is 3. The van der Waals surface area contributed by atoms with Gasteiger partial charge in [0.05, 0.1) is 18.7 Å². The van der Waals surface area contributed by atoms with Crippen LogP contribution in [-0.4, -0.2) is 45.3 Å². The molecule has 0 saturated carbocycles. The van der Waals surface area contributed by atoms with Crippen LogP contribution in [0.25, 0.3) is 5.65 Å². The zero-order valence-electron chi connectivity index (χ0n) is 17.8. The molecule has 8 nitrogen and oxygen atoms in total. The summed E-state index contributed by atoms with van der Waals surface area (Å²) in [7, 11) is 1.60. The zero-order valence-corrected chi connectivity index (χ0v) is 17.8. The Morgan fingerprint density at radius 1 is 1.16 bits per heavy atom. The molecule has 8 heteroatoms. The summed E-state index contributed by atoms with van der Waals surface area (Å²) >= 11 is 0. The number of aromatic nitrogens is 2. The molecule has 2 aliphatic rings. The van der Waals surface area contributed by atoms with Gasteiger partial charge in [-0.2, -0.15) is 0 Å². The molecule has 164 valence electrons. The van der Waals surface area contributed by atoms with Gasteiger partial charge < -0.3 is 15.0 Å². The Balaban J connectivity index is 1.60. The summed E-state index contributed by atoms with van der Waals surface area (Å²) in [6, 6.07) is 12.4. The maximum atomic E-state index is 13.7. The van der Waals surface area contributed by atoms with E-state index in [9.17, 15) is 14.4 Å². The molecule has 3 aromatic rings. The molecule has 0 bridgehead atoms. The summed E-state index contributed by atoms with van der Waals surface area (Å²) in [4.78, 5) is 45.1. The smallest absolute Gasteiger partial charge is 0.270 e. The van der Waals surface area contributed by atoms with E-state index >= 15 is 0 Å². The van der Waals surface area contributed by atoms with E-state index < -0.39 is 17.1 Å². The molecule has 1 aromatic carbocycles. The molecule has 2 saturated heterocycles. The van der Waals surface area contributed by atoms with Crippen LogP contribution in [0.15, 0.2) is 59.7 Å². The number of carbonyl (C=O) groups is 2. The molecule has 2 atom stereocenters. The molecule has 5 rings (SSSR count). The van der Waals surface area contributed by atoms with E-state index in [1.54, 1.807) is 36.4 Å². The van der Waals surface area contributed by atoms with Gasteiger partial charge >= 0.3 is 0 Å². The Bertz CT molecular complexity index is 1250. The van der Waals surface area contributed by atoms with Crippen LogP contribution in [0.5, 0.6) is 5.75 Å². The van der Waals surface area contributed by atoms with E-state index in [4.69, 9.17) is 4.74 Å². The van der Waals surface area contributed by atoms with Crippen molar-refractivity contribution in [2.24, 2.45) is 0 Å². The van der Waals surface area contributed by atoms with E-state index in [1.165, 1.54) is 10.6 Å². The van der Waals surface area contributed by atoms with Crippen molar-refractivity contribution in [2.75, 3.05) is 13.7 Å². The molecule has 0 aliphatic carbocycles. The number of fused-ring (bicyclic) bond motifs is 1. The number of methoxy groups -OCH3 is 1. The van der Waals surface area contributed by atoms with Crippen LogP contribution >= 0.6 is 0 Å². The molecule has 4 heterocycles. The highest BCUT2D eigenvalue weighted by Gasteiger charge is 2.51. The third-order valence-electron chi connectivity index (χ3n) is 6.58. The average molecular weight is 432 g/mol. The van der Waals surface area contributed by atoms with Crippen molar-refractivity contribution >= 4 is 17.5 Å². The lowest BCUT2D eigenvalue weighted by Crippen LogP contribution is -2.58. The average Bonchev–Trinajstić information content (AvgIpc) is 3.19. The predicted octanol–water partition coefficient (Wildman–Crippen LogP) is 2.33. The molecular weight excluding hydrogens is 408 g/mol. The predicted molar refractivity (Wildman–Crippen MR) is 118 cm³/mol. The van der Waals surface area contributed by atoms with Gasteiger partial charge in [-0.25, -0.2) is 4.98 Å². The number of piperidine rings is 1. The fraction of sp³-hybridized carbons (Fsp3) is 0.333. The minimum absolute atomic E-state index is 0.00903. The maximum Gasteiger partial charge on any atom is 0.270 e. The van der Waals surface area contributed by atoms with Crippen molar-refractivity contribution in [1.82, 2.24) is 19.6 Å². The van der Waals surface area contributed by atoms with Gasteiger partial charge in [0.15, 0.2) is 0 Å². The van der Waals surface area contributed by atoms with Crippen LogP contribution in [0.2, 0.25) is 0 Å². The van der Waals surface area contributed by atoms with Crippen molar-refractivity contribution < 1.29 is 14.3 Å². The van der Waals surface area contributed by atoms with Gasteiger partial charge in [0.2, 0.25) is 5.91 Å².